The second-order valence-corrected chi connectivity index (χ2v) is 6.06. The van der Waals surface area contributed by atoms with Gasteiger partial charge in [-0.3, -0.25) is 4.79 Å². The molecule has 1 heterocycles. The van der Waals surface area contributed by atoms with Crippen LogP contribution in [0.4, 0.5) is 0 Å². The number of carbonyl (C=O) groups excluding carboxylic acids is 1. The third-order valence-corrected chi connectivity index (χ3v) is 5.02. The summed E-state index contributed by atoms with van der Waals surface area (Å²) in [5.41, 5.74) is 1.24. The SMILES string of the molecule is CCC1(CC)CCN(C(=O)c2ccc(S)cc2)CC1. The summed E-state index contributed by atoms with van der Waals surface area (Å²) >= 11 is 4.25. The Hall–Kier alpha value is -0.960. The Morgan fingerprint density at radius 3 is 2.16 bits per heavy atom. The predicted molar refractivity (Wildman–Crippen MR) is 81.8 cm³/mol. The number of piperidine rings is 1. The van der Waals surface area contributed by atoms with Crippen molar-refractivity contribution in [3.05, 3.63) is 29.8 Å². The van der Waals surface area contributed by atoms with Crippen LogP contribution in [0.25, 0.3) is 0 Å². The van der Waals surface area contributed by atoms with Gasteiger partial charge in [-0.15, -0.1) is 12.6 Å². The molecule has 1 fully saturated rings. The second-order valence-electron chi connectivity index (χ2n) is 5.55. The van der Waals surface area contributed by atoms with Gasteiger partial charge in [-0.05, 0) is 42.5 Å². The largest absolute Gasteiger partial charge is 0.339 e. The molecule has 1 aromatic rings. The van der Waals surface area contributed by atoms with Crippen LogP contribution in [-0.2, 0) is 0 Å². The fourth-order valence-electron chi connectivity index (χ4n) is 2.93. The molecule has 1 aliphatic rings. The Bertz CT molecular complexity index is 427. The topological polar surface area (TPSA) is 20.3 Å². The highest BCUT2D eigenvalue weighted by molar-refractivity contribution is 7.80. The molecule has 1 amide bonds. The first-order valence-electron chi connectivity index (χ1n) is 7.18. The Morgan fingerprint density at radius 1 is 1.16 bits per heavy atom. The molecule has 1 saturated heterocycles. The number of rotatable bonds is 3. The highest BCUT2D eigenvalue weighted by Gasteiger charge is 2.32. The van der Waals surface area contributed by atoms with Gasteiger partial charge in [-0.1, -0.05) is 26.7 Å². The Labute approximate surface area is 121 Å². The van der Waals surface area contributed by atoms with Crippen LogP contribution >= 0.6 is 12.6 Å². The summed E-state index contributed by atoms with van der Waals surface area (Å²) in [6.45, 7) is 6.32. The van der Waals surface area contributed by atoms with Gasteiger partial charge in [0.15, 0.2) is 0 Å². The van der Waals surface area contributed by atoms with Crippen LogP contribution in [0.15, 0.2) is 29.2 Å². The molecule has 0 N–H and O–H groups in total. The fourth-order valence-corrected chi connectivity index (χ4v) is 3.08. The van der Waals surface area contributed by atoms with Crippen LogP contribution < -0.4 is 0 Å². The molecule has 0 aliphatic carbocycles. The second kappa shape index (κ2) is 6.00. The number of thiol groups is 1. The van der Waals surface area contributed by atoms with Crippen molar-refractivity contribution in [3.63, 3.8) is 0 Å². The number of amides is 1. The van der Waals surface area contributed by atoms with Crippen molar-refractivity contribution in [1.29, 1.82) is 0 Å². The number of nitrogens with zero attached hydrogens (tertiary/aromatic N) is 1. The quantitative estimate of drug-likeness (QED) is 0.827. The van der Waals surface area contributed by atoms with Crippen molar-refractivity contribution in [3.8, 4) is 0 Å². The van der Waals surface area contributed by atoms with Crippen molar-refractivity contribution in [2.45, 2.75) is 44.4 Å². The van der Waals surface area contributed by atoms with Crippen LogP contribution in [-0.4, -0.2) is 23.9 Å². The average Bonchev–Trinajstić information content (AvgIpc) is 2.47. The van der Waals surface area contributed by atoms with Crippen LogP contribution in [0.3, 0.4) is 0 Å². The van der Waals surface area contributed by atoms with Crippen molar-refractivity contribution >= 4 is 18.5 Å². The van der Waals surface area contributed by atoms with Crippen LogP contribution in [0.2, 0.25) is 0 Å². The van der Waals surface area contributed by atoms with Gasteiger partial charge >= 0.3 is 0 Å². The van der Waals surface area contributed by atoms with E-state index < -0.39 is 0 Å². The molecular formula is C16H23NOS. The van der Waals surface area contributed by atoms with Gasteiger partial charge in [0.2, 0.25) is 0 Å². The number of carbonyl (C=O) groups is 1. The first-order valence-corrected chi connectivity index (χ1v) is 7.63. The third-order valence-electron chi connectivity index (χ3n) is 4.73. The summed E-state index contributed by atoms with van der Waals surface area (Å²) < 4.78 is 0. The maximum Gasteiger partial charge on any atom is 0.253 e. The Morgan fingerprint density at radius 2 is 1.68 bits per heavy atom. The lowest BCUT2D eigenvalue weighted by molar-refractivity contribution is 0.0557. The normalized spacial score (nSPS) is 18.4. The molecule has 2 nitrogen and oxygen atoms in total. The molecule has 0 bridgehead atoms. The van der Waals surface area contributed by atoms with Crippen LogP contribution in [0.1, 0.15) is 49.9 Å². The zero-order valence-electron chi connectivity index (χ0n) is 11.9. The molecular weight excluding hydrogens is 254 g/mol. The van der Waals surface area contributed by atoms with E-state index in [1.165, 1.54) is 12.8 Å². The fraction of sp³-hybridized carbons (Fsp3) is 0.562. The van der Waals surface area contributed by atoms with E-state index in [0.29, 0.717) is 5.41 Å². The average molecular weight is 277 g/mol. The van der Waals surface area contributed by atoms with Gasteiger partial charge in [0, 0.05) is 23.5 Å². The predicted octanol–water partition coefficient (Wildman–Crippen LogP) is 4.02. The number of benzene rings is 1. The van der Waals surface area contributed by atoms with Gasteiger partial charge in [0.05, 0.1) is 0 Å². The van der Waals surface area contributed by atoms with E-state index in [1.807, 2.05) is 29.2 Å². The molecule has 1 aromatic carbocycles. The lowest BCUT2D eigenvalue weighted by atomic mass is 9.74. The number of hydrogen-bond acceptors (Lipinski definition) is 2. The first-order chi connectivity index (χ1) is 9.10. The monoisotopic (exact) mass is 277 g/mol. The van der Waals surface area contributed by atoms with Crippen molar-refractivity contribution in [2.75, 3.05) is 13.1 Å². The number of hydrogen-bond donors (Lipinski definition) is 1. The first kappa shape index (κ1) is 14.4. The maximum absolute atomic E-state index is 12.4. The summed E-state index contributed by atoms with van der Waals surface area (Å²) in [6, 6.07) is 7.49. The Kier molecular flexibility index (Phi) is 4.56. The molecule has 0 spiro atoms. The lowest BCUT2D eigenvalue weighted by Gasteiger charge is -2.41. The third kappa shape index (κ3) is 3.14. The van der Waals surface area contributed by atoms with Gasteiger partial charge in [-0.25, -0.2) is 0 Å². The molecule has 0 atom stereocenters. The van der Waals surface area contributed by atoms with Crippen LogP contribution in [0, 0.1) is 5.41 Å². The van der Waals surface area contributed by atoms with E-state index in [1.54, 1.807) is 0 Å². The minimum absolute atomic E-state index is 0.161. The lowest BCUT2D eigenvalue weighted by Crippen LogP contribution is -2.42. The van der Waals surface area contributed by atoms with E-state index in [2.05, 4.69) is 26.5 Å². The van der Waals surface area contributed by atoms with E-state index >= 15 is 0 Å². The molecule has 1 aliphatic heterocycles. The van der Waals surface area contributed by atoms with Gasteiger partial charge in [0.25, 0.3) is 5.91 Å². The molecule has 104 valence electrons. The van der Waals surface area contributed by atoms with Gasteiger partial charge in [-0.2, -0.15) is 0 Å². The summed E-state index contributed by atoms with van der Waals surface area (Å²) in [5.74, 6) is 0.161. The van der Waals surface area contributed by atoms with Crippen molar-refractivity contribution in [2.24, 2.45) is 5.41 Å². The van der Waals surface area contributed by atoms with Crippen molar-refractivity contribution < 1.29 is 4.79 Å². The zero-order chi connectivity index (χ0) is 13.9. The Balaban J connectivity index is 2.01. The van der Waals surface area contributed by atoms with E-state index in [9.17, 15) is 4.79 Å². The highest BCUT2D eigenvalue weighted by Crippen LogP contribution is 2.38. The maximum atomic E-state index is 12.4. The molecule has 0 saturated carbocycles. The summed E-state index contributed by atoms with van der Waals surface area (Å²) in [5, 5.41) is 0. The molecule has 0 radical (unpaired) electrons. The molecule has 0 unspecified atom stereocenters. The summed E-state index contributed by atoms with van der Waals surface area (Å²) in [4.78, 5) is 15.3. The molecule has 2 rings (SSSR count). The van der Waals surface area contributed by atoms with Gasteiger partial charge in [0.1, 0.15) is 0 Å². The molecule has 0 aromatic heterocycles. The summed E-state index contributed by atoms with van der Waals surface area (Å²) in [6.07, 6.45) is 4.71. The summed E-state index contributed by atoms with van der Waals surface area (Å²) in [7, 11) is 0. The van der Waals surface area contributed by atoms with Crippen LogP contribution in [0.5, 0.6) is 0 Å². The number of likely N-dealkylation sites (tertiary alicyclic amines) is 1. The highest BCUT2D eigenvalue weighted by atomic mass is 32.1. The smallest absolute Gasteiger partial charge is 0.253 e. The molecule has 19 heavy (non-hydrogen) atoms. The van der Waals surface area contributed by atoms with E-state index in [0.717, 1.165) is 36.4 Å². The molecule has 3 heteroatoms. The standard InChI is InChI=1S/C16H23NOS/c1-3-16(4-2)9-11-17(12-10-16)15(18)13-5-7-14(19)8-6-13/h5-8,19H,3-4,9-12H2,1-2H3. The van der Waals surface area contributed by atoms with Gasteiger partial charge < -0.3 is 4.90 Å². The minimum atomic E-state index is 0.161. The zero-order valence-corrected chi connectivity index (χ0v) is 12.7. The van der Waals surface area contributed by atoms with E-state index in [-0.39, 0.29) is 5.91 Å². The minimum Gasteiger partial charge on any atom is -0.339 e. The van der Waals surface area contributed by atoms with E-state index in [4.69, 9.17) is 0 Å². The van der Waals surface area contributed by atoms with Crippen molar-refractivity contribution in [1.82, 2.24) is 4.90 Å².